The zero-order valence-corrected chi connectivity index (χ0v) is 9.54. The number of hydrogen-bond acceptors (Lipinski definition) is 5. The predicted octanol–water partition coefficient (Wildman–Crippen LogP) is 1.56. The first-order valence-corrected chi connectivity index (χ1v) is 5.21. The van der Waals surface area contributed by atoms with Crippen molar-refractivity contribution in [3.05, 3.63) is 6.07 Å². The third-order valence-electron chi connectivity index (χ3n) is 2.33. The van der Waals surface area contributed by atoms with Crippen molar-refractivity contribution >= 4 is 17.6 Å². The Balaban J connectivity index is 2.64. The lowest BCUT2D eigenvalue weighted by Gasteiger charge is -2.11. The summed E-state index contributed by atoms with van der Waals surface area (Å²) in [5.41, 5.74) is 5.57. The molecule has 0 amide bonds. The van der Waals surface area contributed by atoms with Crippen molar-refractivity contribution in [3.63, 3.8) is 0 Å². The predicted molar refractivity (Wildman–Crippen MR) is 63.9 cm³/mol. The van der Waals surface area contributed by atoms with E-state index in [1.807, 2.05) is 6.07 Å². The Morgan fingerprint density at radius 2 is 2.07 bits per heavy atom. The number of nitrogens with zero attached hydrogens (tertiary/aromatic N) is 2. The molecule has 84 valence electrons. The highest BCUT2D eigenvalue weighted by atomic mass is 15.1. The molecule has 1 atom stereocenters. The van der Waals surface area contributed by atoms with Crippen molar-refractivity contribution in [1.29, 1.82) is 0 Å². The normalized spacial score (nSPS) is 12.2. The van der Waals surface area contributed by atoms with Gasteiger partial charge >= 0.3 is 0 Å². The summed E-state index contributed by atoms with van der Waals surface area (Å²) in [7, 11) is 1.81. The van der Waals surface area contributed by atoms with Crippen molar-refractivity contribution in [3.8, 4) is 0 Å². The summed E-state index contributed by atoms with van der Waals surface area (Å²) >= 11 is 0. The van der Waals surface area contributed by atoms with Gasteiger partial charge in [-0.2, -0.15) is 9.97 Å². The maximum atomic E-state index is 5.57. The number of nitrogens with two attached hydrogens (primary N) is 1. The van der Waals surface area contributed by atoms with Gasteiger partial charge in [-0.15, -0.1) is 0 Å². The Labute approximate surface area is 90.5 Å². The molecule has 0 saturated heterocycles. The van der Waals surface area contributed by atoms with E-state index < -0.39 is 0 Å². The highest BCUT2D eigenvalue weighted by Crippen LogP contribution is 2.12. The van der Waals surface area contributed by atoms with Gasteiger partial charge in [-0.3, -0.25) is 0 Å². The smallest absolute Gasteiger partial charge is 0.223 e. The van der Waals surface area contributed by atoms with Crippen LogP contribution in [0.15, 0.2) is 6.07 Å². The van der Waals surface area contributed by atoms with Gasteiger partial charge < -0.3 is 16.4 Å². The molecular weight excluding hydrogens is 190 g/mol. The van der Waals surface area contributed by atoms with Crippen LogP contribution >= 0.6 is 0 Å². The summed E-state index contributed by atoms with van der Waals surface area (Å²) in [6.45, 7) is 5.26. The number of anilines is 3. The van der Waals surface area contributed by atoms with Gasteiger partial charge in [-0.25, -0.2) is 0 Å². The van der Waals surface area contributed by atoms with E-state index in [9.17, 15) is 0 Å². The van der Waals surface area contributed by atoms with Crippen molar-refractivity contribution in [2.24, 2.45) is 5.92 Å². The van der Waals surface area contributed by atoms with Crippen LogP contribution in [0.5, 0.6) is 0 Å². The average Bonchev–Trinajstić information content (AvgIpc) is 2.25. The average molecular weight is 209 g/mol. The fraction of sp³-hybridized carbons (Fsp3) is 0.600. The molecule has 0 aliphatic carbocycles. The number of rotatable bonds is 5. The highest BCUT2D eigenvalue weighted by Gasteiger charge is 2.02. The van der Waals surface area contributed by atoms with E-state index in [4.69, 9.17) is 5.73 Å². The van der Waals surface area contributed by atoms with Crippen LogP contribution in [0.2, 0.25) is 0 Å². The van der Waals surface area contributed by atoms with Gasteiger partial charge in [0, 0.05) is 19.7 Å². The highest BCUT2D eigenvalue weighted by molar-refractivity contribution is 5.50. The van der Waals surface area contributed by atoms with E-state index in [2.05, 4.69) is 34.4 Å². The van der Waals surface area contributed by atoms with Gasteiger partial charge in [0.2, 0.25) is 5.95 Å². The first-order chi connectivity index (χ1) is 7.15. The SMILES string of the molecule is CCC(C)CNc1cc(NC)nc(N)n1. The van der Waals surface area contributed by atoms with Gasteiger partial charge in [0.15, 0.2) is 0 Å². The molecule has 0 aromatic carbocycles. The molecule has 0 aliphatic heterocycles. The lowest BCUT2D eigenvalue weighted by molar-refractivity contribution is 0.592. The van der Waals surface area contributed by atoms with Crippen LogP contribution < -0.4 is 16.4 Å². The van der Waals surface area contributed by atoms with Crippen molar-refractivity contribution in [2.75, 3.05) is 30.0 Å². The van der Waals surface area contributed by atoms with Crippen molar-refractivity contribution in [2.45, 2.75) is 20.3 Å². The molecule has 0 saturated carbocycles. The van der Waals surface area contributed by atoms with Crippen molar-refractivity contribution < 1.29 is 0 Å². The Morgan fingerprint density at radius 1 is 1.40 bits per heavy atom. The maximum Gasteiger partial charge on any atom is 0.223 e. The lowest BCUT2D eigenvalue weighted by atomic mass is 10.1. The van der Waals surface area contributed by atoms with Crippen LogP contribution in [-0.2, 0) is 0 Å². The van der Waals surface area contributed by atoms with Crippen LogP contribution in [0.25, 0.3) is 0 Å². The number of hydrogen-bond donors (Lipinski definition) is 3. The zero-order chi connectivity index (χ0) is 11.3. The molecule has 0 spiro atoms. The Morgan fingerprint density at radius 3 is 2.67 bits per heavy atom. The molecule has 0 radical (unpaired) electrons. The molecule has 1 aromatic heterocycles. The topological polar surface area (TPSA) is 75.9 Å². The second kappa shape index (κ2) is 5.38. The van der Waals surface area contributed by atoms with E-state index in [-0.39, 0.29) is 5.95 Å². The summed E-state index contributed by atoms with van der Waals surface area (Å²) in [5, 5.41) is 6.18. The van der Waals surface area contributed by atoms with E-state index in [1.54, 1.807) is 7.05 Å². The van der Waals surface area contributed by atoms with Crippen molar-refractivity contribution in [1.82, 2.24) is 9.97 Å². The van der Waals surface area contributed by atoms with E-state index in [0.29, 0.717) is 5.92 Å². The van der Waals surface area contributed by atoms with Crippen LogP contribution in [0.1, 0.15) is 20.3 Å². The summed E-state index contributed by atoms with van der Waals surface area (Å²) in [6, 6.07) is 1.85. The quantitative estimate of drug-likeness (QED) is 0.686. The first-order valence-electron chi connectivity index (χ1n) is 5.21. The third-order valence-corrected chi connectivity index (χ3v) is 2.33. The lowest BCUT2D eigenvalue weighted by Crippen LogP contribution is -2.12. The molecule has 5 nitrogen and oxygen atoms in total. The minimum absolute atomic E-state index is 0.286. The number of aromatic nitrogens is 2. The monoisotopic (exact) mass is 209 g/mol. The largest absolute Gasteiger partial charge is 0.373 e. The second-order valence-corrected chi connectivity index (χ2v) is 3.64. The molecule has 0 aliphatic rings. The number of nitrogens with one attached hydrogen (secondary N) is 2. The van der Waals surface area contributed by atoms with Crippen LogP contribution in [0, 0.1) is 5.92 Å². The molecule has 4 N–H and O–H groups in total. The van der Waals surface area contributed by atoms with Gasteiger partial charge in [0.05, 0.1) is 0 Å². The van der Waals surface area contributed by atoms with Crippen LogP contribution in [0.4, 0.5) is 17.6 Å². The molecule has 0 fully saturated rings. The molecule has 1 heterocycles. The molecule has 1 rings (SSSR count). The Hall–Kier alpha value is -1.52. The summed E-state index contributed by atoms with van der Waals surface area (Å²) in [4.78, 5) is 8.12. The first kappa shape index (κ1) is 11.6. The minimum Gasteiger partial charge on any atom is -0.373 e. The van der Waals surface area contributed by atoms with Crippen LogP contribution in [0.3, 0.4) is 0 Å². The van der Waals surface area contributed by atoms with Crippen LogP contribution in [-0.4, -0.2) is 23.6 Å². The molecule has 0 bridgehead atoms. The second-order valence-electron chi connectivity index (χ2n) is 3.64. The number of nitrogen functional groups attached to an aromatic ring is 1. The molecule has 1 unspecified atom stereocenters. The molecule has 5 heteroatoms. The van der Waals surface area contributed by atoms with Gasteiger partial charge in [-0.1, -0.05) is 20.3 Å². The Bertz CT molecular complexity index is 313. The molecule has 1 aromatic rings. The molecule has 15 heavy (non-hydrogen) atoms. The molecular formula is C10H19N5. The van der Waals surface area contributed by atoms with E-state index in [0.717, 1.165) is 24.6 Å². The summed E-state index contributed by atoms with van der Waals surface area (Å²) in [5.74, 6) is 2.41. The maximum absolute atomic E-state index is 5.57. The fourth-order valence-electron chi connectivity index (χ4n) is 1.11. The fourth-order valence-corrected chi connectivity index (χ4v) is 1.11. The van der Waals surface area contributed by atoms with E-state index >= 15 is 0 Å². The standard InChI is InChI=1S/C10H19N5/c1-4-7(2)6-13-9-5-8(12-3)14-10(11)15-9/h5,7H,4,6H2,1-3H3,(H4,11,12,13,14,15). The Kier molecular flexibility index (Phi) is 4.15. The summed E-state index contributed by atoms with van der Waals surface area (Å²) in [6.07, 6.45) is 1.15. The van der Waals surface area contributed by atoms with Gasteiger partial charge in [0.25, 0.3) is 0 Å². The third kappa shape index (κ3) is 3.61. The van der Waals surface area contributed by atoms with Gasteiger partial charge in [0.1, 0.15) is 11.6 Å². The summed E-state index contributed by atoms with van der Waals surface area (Å²) < 4.78 is 0. The van der Waals surface area contributed by atoms with E-state index in [1.165, 1.54) is 0 Å². The van der Waals surface area contributed by atoms with Gasteiger partial charge in [-0.05, 0) is 5.92 Å². The minimum atomic E-state index is 0.286. The zero-order valence-electron chi connectivity index (χ0n) is 9.54.